The van der Waals surface area contributed by atoms with E-state index in [1.165, 1.54) is 5.56 Å². The summed E-state index contributed by atoms with van der Waals surface area (Å²) in [5.41, 5.74) is 1.96. The number of aromatic nitrogens is 1. The number of nitriles is 1. The van der Waals surface area contributed by atoms with Crippen LogP contribution in [0.25, 0.3) is 0 Å². The second kappa shape index (κ2) is 5.84. The fraction of sp³-hybridized carbons (Fsp3) is 0.294. The number of methoxy groups -OCH3 is 1. The second-order valence-corrected chi connectivity index (χ2v) is 5.19. The number of ether oxygens (including phenoxy) is 1. The minimum atomic E-state index is 0.476. The van der Waals surface area contributed by atoms with Crippen LogP contribution in [0.2, 0.25) is 0 Å². The van der Waals surface area contributed by atoms with Crippen molar-refractivity contribution in [1.29, 1.82) is 5.26 Å². The first-order valence-corrected chi connectivity index (χ1v) is 7.06. The average molecular weight is 279 g/mol. The van der Waals surface area contributed by atoms with E-state index >= 15 is 0 Å². The van der Waals surface area contributed by atoms with Crippen molar-refractivity contribution in [2.24, 2.45) is 0 Å². The van der Waals surface area contributed by atoms with Crippen LogP contribution in [0.15, 0.2) is 42.6 Å². The molecule has 1 atom stereocenters. The first-order valence-electron chi connectivity index (χ1n) is 7.06. The lowest BCUT2D eigenvalue weighted by molar-refractivity contribution is 0.414. The Hall–Kier alpha value is -2.54. The number of anilines is 1. The molecule has 1 saturated heterocycles. The van der Waals surface area contributed by atoms with Gasteiger partial charge in [0, 0.05) is 25.2 Å². The Balaban J connectivity index is 1.77. The van der Waals surface area contributed by atoms with Crippen LogP contribution < -0.4 is 9.64 Å². The smallest absolute Gasteiger partial charge is 0.146 e. The summed E-state index contributed by atoms with van der Waals surface area (Å²) in [6.45, 7) is 1.83. The van der Waals surface area contributed by atoms with Crippen molar-refractivity contribution in [1.82, 2.24) is 4.98 Å². The van der Waals surface area contributed by atoms with Crippen LogP contribution in [0.3, 0.4) is 0 Å². The van der Waals surface area contributed by atoms with Gasteiger partial charge in [-0.15, -0.1) is 0 Å². The van der Waals surface area contributed by atoms with Crippen LogP contribution in [0.5, 0.6) is 5.75 Å². The predicted molar refractivity (Wildman–Crippen MR) is 81.5 cm³/mol. The molecule has 0 radical (unpaired) electrons. The van der Waals surface area contributed by atoms with Gasteiger partial charge in [-0.1, -0.05) is 12.1 Å². The molecular weight excluding hydrogens is 262 g/mol. The van der Waals surface area contributed by atoms with Crippen LogP contribution in [-0.2, 0) is 0 Å². The maximum Gasteiger partial charge on any atom is 0.146 e. The summed E-state index contributed by atoms with van der Waals surface area (Å²) < 4.78 is 5.20. The number of hydrogen-bond donors (Lipinski definition) is 0. The normalized spacial score (nSPS) is 17.5. The molecule has 4 heteroatoms. The summed E-state index contributed by atoms with van der Waals surface area (Å²) in [4.78, 5) is 6.57. The third-order valence-corrected chi connectivity index (χ3v) is 3.98. The van der Waals surface area contributed by atoms with E-state index in [-0.39, 0.29) is 0 Å². The molecule has 0 aliphatic carbocycles. The lowest BCUT2D eigenvalue weighted by atomic mass is 9.98. The number of hydrogen-bond acceptors (Lipinski definition) is 4. The van der Waals surface area contributed by atoms with Crippen molar-refractivity contribution < 1.29 is 4.74 Å². The number of pyridine rings is 1. The average Bonchev–Trinajstić information content (AvgIpc) is 3.04. The molecule has 1 aliphatic rings. The first-order chi connectivity index (χ1) is 10.3. The van der Waals surface area contributed by atoms with Crippen LogP contribution >= 0.6 is 0 Å². The summed E-state index contributed by atoms with van der Waals surface area (Å²) in [5, 5.41) is 9.19. The fourth-order valence-corrected chi connectivity index (χ4v) is 2.84. The van der Waals surface area contributed by atoms with Gasteiger partial charge in [0.25, 0.3) is 0 Å². The van der Waals surface area contributed by atoms with Crippen molar-refractivity contribution in [3.8, 4) is 11.8 Å². The molecule has 1 aliphatic heterocycles. The molecule has 106 valence electrons. The minimum Gasteiger partial charge on any atom is -0.497 e. The molecule has 0 N–H and O–H groups in total. The van der Waals surface area contributed by atoms with Gasteiger partial charge in [-0.3, -0.25) is 0 Å². The van der Waals surface area contributed by atoms with Crippen molar-refractivity contribution in [2.45, 2.75) is 12.3 Å². The second-order valence-electron chi connectivity index (χ2n) is 5.19. The molecule has 2 aromatic rings. The number of benzene rings is 1. The Kier molecular flexibility index (Phi) is 3.74. The van der Waals surface area contributed by atoms with E-state index in [1.807, 2.05) is 18.2 Å². The Labute approximate surface area is 124 Å². The quantitative estimate of drug-likeness (QED) is 0.866. The molecule has 0 bridgehead atoms. The molecule has 0 saturated carbocycles. The zero-order chi connectivity index (χ0) is 14.7. The highest BCUT2D eigenvalue weighted by Gasteiger charge is 2.26. The van der Waals surface area contributed by atoms with E-state index in [9.17, 15) is 5.26 Å². The van der Waals surface area contributed by atoms with E-state index in [2.05, 4.69) is 28.1 Å². The Bertz CT molecular complexity index is 660. The van der Waals surface area contributed by atoms with Gasteiger partial charge in [0.05, 0.1) is 12.7 Å². The van der Waals surface area contributed by atoms with Crippen molar-refractivity contribution in [3.63, 3.8) is 0 Å². The monoisotopic (exact) mass is 279 g/mol. The largest absolute Gasteiger partial charge is 0.497 e. The van der Waals surface area contributed by atoms with Crippen LogP contribution in [0.1, 0.15) is 23.5 Å². The molecule has 0 amide bonds. The fourth-order valence-electron chi connectivity index (χ4n) is 2.84. The van der Waals surface area contributed by atoms with Gasteiger partial charge < -0.3 is 9.64 Å². The highest BCUT2D eigenvalue weighted by Crippen LogP contribution is 2.31. The SMILES string of the molecule is COc1ccc([C@H]2CCN(c3ncccc3C#N)C2)cc1. The highest BCUT2D eigenvalue weighted by molar-refractivity contribution is 5.54. The zero-order valence-corrected chi connectivity index (χ0v) is 12.0. The maximum atomic E-state index is 9.19. The van der Waals surface area contributed by atoms with Gasteiger partial charge in [-0.05, 0) is 36.2 Å². The number of rotatable bonds is 3. The lowest BCUT2D eigenvalue weighted by Crippen LogP contribution is -2.21. The summed E-state index contributed by atoms with van der Waals surface area (Å²) in [6, 6.07) is 14.1. The third kappa shape index (κ3) is 2.68. The van der Waals surface area contributed by atoms with Crippen LogP contribution in [-0.4, -0.2) is 25.2 Å². The molecule has 0 unspecified atom stereocenters. The zero-order valence-electron chi connectivity index (χ0n) is 12.0. The maximum absolute atomic E-state index is 9.19. The molecule has 1 fully saturated rings. The summed E-state index contributed by atoms with van der Waals surface area (Å²) in [5.74, 6) is 2.16. The van der Waals surface area contributed by atoms with Crippen LogP contribution in [0.4, 0.5) is 5.82 Å². The standard InChI is InChI=1S/C17H17N3O/c1-21-16-6-4-13(5-7-16)15-8-10-20(12-15)17-14(11-18)3-2-9-19-17/h2-7,9,15H,8,10,12H2,1H3/t15-/m0/s1. The van der Waals surface area contributed by atoms with E-state index in [0.29, 0.717) is 11.5 Å². The molecule has 3 rings (SSSR count). The predicted octanol–water partition coefficient (Wildman–Crippen LogP) is 2.96. The van der Waals surface area contributed by atoms with Gasteiger partial charge in [0.15, 0.2) is 0 Å². The molecular formula is C17H17N3O. The molecule has 1 aromatic heterocycles. The van der Waals surface area contributed by atoms with E-state index in [4.69, 9.17) is 4.74 Å². The van der Waals surface area contributed by atoms with Gasteiger partial charge >= 0.3 is 0 Å². The Morgan fingerprint density at radius 1 is 1.29 bits per heavy atom. The Morgan fingerprint density at radius 3 is 2.81 bits per heavy atom. The van der Waals surface area contributed by atoms with Crippen molar-refractivity contribution in [3.05, 3.63) is 53.7 Å². The van der Waals surface area contributed by atoms with E-state index < -0.39 is 0 Å². The van der Waals surface area contributed by atoms with Crippen LogP contribution in [0, 0.1) is 11.3 Å². The van der Waals surface area contributed by atoms with E-state index in [1.54, 1.807) is 19.4 Å². The summed E-state index contributed by atoms with van der Waals surface area (Å²) in [7, 11) is 1.68. The summed E-state index contributed by atoms with van der Waals surface area (Å²) >= 11 is 0. The molecule has 21 heavy (non-hydrogen) atoms. The van der Waals surface area contributed by atoms with E-state index in [0.717, 1.165) is 31.1 Å². The van der Waals surface area contributed by atoms with Gasteiger partial charge in [-0.25, -0.2) is 4.98 Å². The minimum absolute atomic E-state index is 0.476. The van der Waals surface area contributed by atoms with Gasteiger partial charge in [0.2, 0.25) is 0 Å². The Morgan fingerprint density at radius 2 is 2.10 bits per heavy atom. The first kappa shape index (κ1) is 13.4. The molecule has 0 spiro atoms. The summed E-state index contributed by atoms with van der Waals surface area (Å²) in [6.07, 6.45) is 2.82. The third-order valence-electron chi connectivity index (χ3n) is 3.98. The van der Waals surface area contributed by atoms with Crippen molar-refractivity contribution >= 4 is 5.82 Å². The number of nitrogens with zero attached hydrogens (tertiary/aromatic N) is 3. The molecule has 4 nitrogen and oxygen atoms in total. The molecule has 1 aromatic carbocycles. The van der Waals surface area contributed by atoms with Crippen molar-refractivity contribution in [2.75, 3.05) is 25.1 Å². The van der Waals surface area contributed by atoms with Gasteiger partial charge in [0.1, 0.15) is 17.6 Å². The topological polar surface area (TPSA) is 49.1 Å². The van der Waals surface area contributed by atoms with Gasteiger partial charge in [-0.2, -0.15) is 5.26 Å². The molecule has 2 heterocycles. The lowest BCUT2D eigenvalue weighted by Gasteiger charge is -2.18. The highest BCUT2D eigenvalue weighted by atomic mass is 16.5.